The van der Waals surface area contributed by atoms with Gasteiger partial charge in [-0.1, -0.05) is 18.2 Å². The summed E-state index contributed by atoms with van der Waals surface area (Å²) in [6, 6.07) is 10.5. The monoisotopic (exact) mass is 376 g/mol. The molecule has 0 spiro atoms. The van der Waals surface area contributed by atoms with Crippen molar-refractivity contribution in [2.24, 2.45) is 0 Å². The first-order valence-corrected chi connectivity index (χ1v) is 8.73. The lowest BCUT2D eigenvalue weighted by atomic mass is 9.98. The molecule has 0 radical (unpaired) electrons. The number of aliphatic carboxylic acids is 1. The number of fused-ring (bicyclic) bond motifs is 2. The van der Waals surface area contributed by atoms with Crippen LogP contribution in [0.1, 0.15) is 41.6 Å². The maximum atomic E-state index is 12.6. The molecule has 0 bridgehead atoms. The van der Waals surface area contributed by atoms with Gasteiger partial charge in [0.25, 0.3) is 0 Å². The molecule has 0 aromatic heterocycles. The third-order valence-corrected chi connectivity index (χ3v) is 4.95. The second-order valence-corrected chi connectivity index (χ2v) is 6.65. The maximum Gasteiger partial charge on any atom is 0.387 e. The zero-order valence-electron chi connectivity index (χ0n) is 14.4. The van der Waals surface area contributed by atoms with E-state index in [1.807, 2.05) is 12.1 Å². The van der Waals surface area contributed by atoms with Gasteiger partial charge in [-0.05, 0) is 30.5 Å². The van der Waals surface area contributed by atoms with Gasteiger partial charge in [0.1, 0.15) is 23.4 Å². The van der Waals surface area contributed by atoms with Crippen LogP contribution in [0.2, 0.25) is 0 Å². The highest BCUT2D eigenvalue weighted by atomic mass is 19.3. The topological polar surface area (TPSA) is 65.0 Å². The summed E-state index contributed by atoms with van der Waals surface area (Å²) in [6.45, 7) is -2.52. The van der Waals surface area contributed by atoms with Crippen molar-refractivity contribution < 1.29 is 32.9 Å². The number of alkyl halides is 2. The number of carboxylic acids is 1. The van der Waals surface area contributed by atoms with E-state index in [1.165, 1.54) is 0 Å². The van der Waals surface area contributed by atoms with Crippen LogP contribution >= 0.6 is 0 Å². The summed E-state index contributed by atoms with van der Waals surface area (Å²) < 4.78 is 41.4. The lowest BCUT2D eigenvalue weighted by Crippen LogP contribution is -2.07. The van der Waals surface area contributed by atoms with Gasteiger partial charge in [0.2, 0.25) is 0 Å². The van der Waals surface area contributed by atoms with E-state index in [0.29, 0.717) is 30.9 Å². The second-order valence-electron chi connectivity index (χ2n) is 6.65. The summed E-state index contributed by atoms with van der Waals surface area (Å²) in [7, 11) is 0. The first-order valence-electron chi connectivity index (χ1n) is 8.73. The number of hydrogen-bond acceptors (Lipinski definition) is 4. The standard InChI is InChI=1S/C20H18F2O5/c21-20(22)27-16-3-1-2-14-15(16)6-7-17(14)26-12-4-5-13-11(8-19(23)24)10-25-18(13)9-12/h1-5,9,11,17,20H,6-8,10H2,(H,23,24)/t11-,17-/m1/s1. The van der Waals surface area contributed by atoms with E-state index in [1.54, 1.807) is 24.3 Å². The predicted molar refractivity (Wildman–Crippen MR) is 91.7 cm³/mol. The third-order valence-electron chi connectivity index (χ3n) is 4.95. The molecule has 0 amide bonds. The quantitative estimate of drug-likeness (QED) is 0.814. The van der Waals surface area contributed by atoms with Gasteiger partial charge in [0.15, 0.2) is 0 Å². The van der Waals surface area contributed by atoms with Gasteiger partial charge < -0.3 is 19.3 Å². The van der Waals surface area contributed by atoms with E-state index in [4.69, 9.17) is 14.6 Å². The molecule has 1 aliphatic carbocycles. The fourth-order valence-corrected chi connectivity index (χ4v) is 3.79. The molecular weight excluding hydrogens is 358 g/mol. The molecule has 142 valence electrons. The maximum absolute atomic E-state index is 12.6. The number of rotatable bonds is 6. The van der Waals surface area contributed by atoms with Gasteiger partial charge in [-0.15, -0.1) is 0 Å². The van der Waals surface area contributed by atoms with Crippen molar-refractivity contribution in [3.05, 3.63) is 53.1 Å². The summed E-state index contributed by atoms with van der Waals surface area (Å²) in [6.07, 6.45) is 1.04. The molecule has 5 nitrogen and oxygen atoms in total. The molecule has 1 N–H and O–H groups in total. The lowest BCUT2D eigenvalue weighted by molar-refractivity contribution is -0.137. The molecule has 2 aliphatic rings. The average molecular weight is 376 g/mol. The Morgan fingerprint density at radius 3 is 2.89 bits per heavy atom. The van der Waals surface area contributed by atoms with Crippen LogP contribution in [0.15, 0.2) is 36.4 Å². The van der Waals surface area contributed by atoms with Crippen LogP contribution in [0.4, 0.5) is 8.78 Å². The predicted octanol–water partition coefficient (Wildman–Crippen LogP) is 4.31. The number of benzene rings is 2. The first kappa shape index (κ1) is 17.6. The summed E-state index contributed by atoms with van der Waals surface area (Å²) >= 11 is 0. The van der Waals surface area contributed by atoms with Crippen LogP contribution < -0.4 is 14.2 Å². The zero-order valence-corrected chi connectivity index (χ0v) is 14.4. The minimum atomic E-state index is -2.86. The first-order chi connectivity index (χ1) is 13.0. The SMILES string of the molecule is O=C(O)C[C@@H]1COc2cc(O[C@@H]3CCc4c(OC(F)F)cccc43)ccc21. The van der Waals surface area contributed by atoms with Gasteiger partial charge in [-0.3, -0.25) is 4.79 Å². The molecule has 0 saturated heterocycles. The van der Waals surface area contributed by atoms with Crippen molar-refractivity contribution in [2.45, 2.75) is 37.9 Å². The van der Waals surface area contributed by atoms with Crippen LogP contribution in [-0.2, 0) is 11.2 Å². The summed E-state index contributed by atoms with van der Waals surface area (Å²) in [5.41, 5.74) is 2.46. The van der Waals surface area contributed by atoms with Gasteiger partial charge in [-0.25, -0.2) is 0 Å². The molecular formula is C20H18F2O5. The molecule has 4 rings (SSSR count). The second kappa shape index (κ2) is 7.06. The summed E-state index contributed by atoms with van der Waals surface area (Å²) in [5.74, 6) is 0.408. The Balaban J connectivity index is 1.52. The highest BCUT2D eigenvalue weighted by Gasteiger charge is 2.30. The zero-order chi connectivity index (χ0) is 19.0. The van der Waals surface area contributed by atoms with Gasteiger partial charge >= 0.3 is 12.6 Å². The van der Waals surface area contributed by atoms with Crippen LogP contribution in [0.3, 0.4) is 0 Å². The Labute approximate surface area is 154 Å². The average Bonchev–Trinajstić information content (AvgIpc) is 3.19. The van der Waals surface area contributed by atoms with E-state index >= 15 is 0 Å². The Hall–Kier alpha value is -2.83. The molecule has 0 unspecified atom stereocenters. The number of ether oxygens (including phenoxy) is 3. The molecule has 2 atom stereocenters. The molecule has 1 aliphatic heterocycles. The van der Waals surface area contributed by atoms with Crippen molar-refractivity contribution in [2.75, 3.05) is 6.61 Å². The van der Waals surface area contributed by atoms with E-state index < -0.39 is 12.6 Å². The van der Waals surface area contributed by atoms with E-state index in [0.717, 1.165) is 16.7 Å². The summed E-state index contributed by atoms with van der Waals surface area (Å²) in [5, 5.41) is 8.98. The van der Waals surface area contributed by atoms with Crippen LogP contribution in [0, 0.1) is 0 Å². The van der Waals surface area contributed by atoms with Crippen molar-refractivity contribution in [3.63, 3.8) is 0 Å². The number of carbonyl (C=O) groups is 1. The highest BCUT2D eigenvalue weighted by Crippen LogP contribution is 2.42. The van der Waals surface area contributed by atoms with Gasteiger partial charge in [-0.2, -0.15) is 8.78 Å². The van der Waals surface area contributed by atoms with E-state index in [2.05, 4.69) is 4.74 Å². The largest absolute Gasteiger partial charge is 0.492 e. The van der Waals surface area contributed by atoms with E-state index in [9.17, 15) is 13.6 Å². The smallest absolute Gasteiger partial charge is 0.387 e. The normalized spacial score (nSPS) is 20.1. The Morgan fingerprint density at radius 1 is 1.26 bits per heavy atom. The Morgan fingerprint density at radius 2 is 2.11 bits per heavy atom. The van der Waals surface area contributed by atoms with Gasteiger partial charge in [0.05, 0.1) is 13.0 Å². The lowest BCUT2D eigenvalue weighted by Gasteiger charge is -2.16. The van der Waals surface area contributed by atoms with Crippen LogP contribution in [-0.4, -0.2) is 24.3 Å². The summed E-state index contributed by atoms with van der Waals surface area (Å²) in [4.78, 5) is 10.9. The van der Waals surface area contributed by atoms with Crippen LogP contribution in [0.25, 0.3) is 0 Å². The minimum absolute atomic E-state index is 0.0239. The third kappa shape index (κ3) is 3.54. The fraction of sp³-hybridized carbons (Fsp3) is 0.350. The Bertz CT molecular complexity index is 867. The highest BCUT2D eigenvalue weighted by molar-refractivity contribution is 5.68. The van der Waals surface area contributed by atoms with Crippen LogP contribution in [0.5, 0.6) is 17.2 Å². The van der Waals surface area contributed by atoms with Crippen molar-refractivity contribution in [1.82, 2.24) is 0 Å². The molecule has 1 heterocycles. The molecule has 0 fully saturated rings. The molecule has 2 aromatic carbocycles. The number of carboxylic acid groups (broad SMARTS) is 1. The molecule has 7 heteroatoms. The molecule has 2 aromatic rings. The van der Waals surface area contributed by atoms with E-state index in [-0.39, 0.29) is 24.2 Å². The van der Waals surface area contributed by atoms with Crippen molar-refractivity contribution in [3.8, 4) is 17.2 Å². The molecule has 27 heavy (non-hydrogen) atoms. The van der Waals surface area contributed by atoms with Crippen molar-refractivity contribution in [1.29, 1.82) is 0 Å². The fourth-order valence-electron chi connectivity index (χ4n) is 3.79. The Kier molecular flexibility index (Phi) is 4.59. The van der Waals surface area contributed by atoms with Gasteiger partial charge in [0, 0.05) is 23.1 Å². The minimum Gasteiger partial charge on any atom is -0.492 e. The molecule has 0 saturated carbocycles. The number of hydrogen-bond donors (Lipinski definition) is 1. The number of halogens is 2. The van der Waals surface area contributed by atoms with Crippen molar-refractivity contribution >= 4 is 5.97 Å².